The third-order valence-electron chi connectivity index (χ3n) is 3.36. The number of hydrogen-bond acceptors (Lipinski definition) is 4. The first-order valence-electron chi connectivity index (χ1n) is 7.40. The molecule has 0 aliphatic heterocycles. The second-order valence-corrected chi connectivity index (χ2v) is 4.96. The van der Waals surface area contributed by atoms with Gasteiger partial charge in [-0.15, -0.1) is 0 Å². The van der Waals surface area contributed by atoms with Gasteiger partial charge in [-0.2, -0.15) is 0 Å². The lowest BCUT2D eigenvalue weighted by Gasteiger charge is -2.29. The quantitative estimate of drug-likeness (QED) is 0.538. The van der Waals surface area contributed by atoms with Gasteiger partial charge in [0.05, 0.1) is 13.2 Å². The van der Waals surface area contributed by atoms with Crippen molar-refractivity contribution in [1.82, 2.24) is 10.2 Å². The minimum absolute atomic E-state index is 0.548. The van der Waals surface area contributed by atoms with Gasteiger partial charge in [0.15, 0.2) is 0 Å². The number of rotatable bonds is 12. The molecule has 1 saturated carbocycles. The van der Waals surface area contributed by atoms with Gasteiger partial charge >= 0.3 is 0 Å². The summed E-state index contributed by atoms with van der Waals surface area (Å²) in [4.78, 5) is 2.46. The van der Waals surface area contributed by atoms with Crippen LogP contribution in [0.5, 0.6) is 0 Å². The third kappa shape index (κ3) is 7.31. The van der Waals surface area contributed by atoms with E-state index in [-0.39, 0.29) is 0 Å². The maximum Gasteiger partial charge on any atom is 0.0593 e. The van der Waals surface area contributed by atoms with Gasteiger partial charge < -0.3 is 14.8 Å². The van der Waals surface area contributed by atoms with Crippen molar-refractivity contribution in [2.75, 3.05) is 46.1 Å². The van der Waals surface area contributed by atoms with Gasteiger partial charge in [0.2, 0.25) is 0 Å². The van der Waals surface area contributed by atoms with E-state index >= 15 is 0 Å². The maximum atomic E-state index is 5.46. The molecule has 18 heavy (non-hydrogen) atoms. The summed E-state index contributed by atoms with van der Waals surface area (Å²) in [5.41, 5.74) is 0. The Hall–Kier alpha value is -0.160. The van der Waals surface area contributed by atoms with Crippen LogP contribution >= 0.6 is 0 Å². The highest BCUT2D eigenvalue weighted by Crippen LogP contribution is 2.18. The molecule has 0 aromatic heterocycles. The van der Waals surface area contributed by atoms with Gasteiger partial charge in [-0.3, -0.25) is 4.90 Å². The summed E-state index contributed by atoms with van der Waals surface area (Å²) in [6.07, 6.45) is 2.70. The van der Waals surface area contributed by atoms with Gasteiger partial charge in [0, 0.05) is 44.9 Å². The molecule has 1 unspecified atom stereocenters. The molecular weight excluding hydrogens is 228 g/mol. The summed E-state index contributed by atoms with van der Waals surface area (Å²) < 4.78 is 10.9. The molecule has 0 amide bonds. The van der Waals surface area contributed by atoms with Crippen LogP contribution in [0.3, 0.4) is 0 Å². The fourth-order valence-electron chi connectivity index (χ4n) is 1.96. The summed E-state index contributed by atoms with van der Waals surface area (Å²) in [7, 11) is 0. The second kappa shape index (κ2) is 9.73. The summed E-state index contributed by atoms with van der Waals surface area (Å²) >= 11 is 0. The lowest BCUT2D eigenvalue weighted by atomic mass is 10.2. The predicted molar refractivity (Wildman–Crippen MR) is 75.0 cm³/mol. The molecule has 1 rings (SSSR count). The molecule has 0 radical (unpaired) electrons. The first-order chi connectivity index (χ1) is 8.77. The fraction of sp³-hybridized carbons (Fsp3) is 1.00. The van der Waals surface area contributed by atoms with Crippen LogP contribution in [0.15, 0.2) is 0 Å². The third-order valence-corrected chi connectivity index (χ3v) is 3.36. The smallest absolute Gasteiger partial charge is 0.0593 e. The normalized spacial score (nSPS) is 17.3. The van der Waals surface area contributed by atoms with Crippen molar-refractivity contribution in [2.24, 2.45) is 0 Å². The lowest BCUT2D eigenvalue weighted by molar-refractivity contribution is 0.0661. The van der Waals surface area contributed by atoms with Gasteiger partial charge in [0.25, 0.3) is 0 Å². The van der Waals surface area contributed by atoms with E-state index in [4.69, 9.17) is 9.47 Å². The monoisotopic (exact) mass is 258 g/mol. The van der Waals surface area contributed by atoms with Gasteiger partial charge in [-0.1, -0.05) is 0 Å². The van der Waals surface area contributed by atoms with Crippen LogP contribution in [0, 0.1) is 0 Å². The van der Waals surface area contributed by atoms with Crippen molar-refractivity contribution in [2.45, 2.75) is 45.7 Å². The van der Waals surface area contributed by atoms with E-state index in [0.29, 0.717) is 6.04 Å². The van der Waals surface area contributed by atoms with Crippen LogP contribution in [0.1, 0.15) is 33.6 Å². The van der Waals surface area contributed by atoms with E-state index in [0.717, 1.165) is 52.1 Å². The molecule has 0 bridgehead atoms. The Kier molecular flexibility index (Phi) is 8.59. The lowest BCUT2D eigenvalue weighted by Crippen LogP contribution is -2.44. The van der Waals surface area contributed by atoms with Crippen molar-refractivity contribution < 1.29 is 9.47 Å². The van der Waals surface area contributed by atoms with Gasteiger partial charge in [-0.25, -0.2) is 0 Å². The summed E-state index contributed by atoms with van der Waals surface area (Å²) in [6, 6.07) is 1.33. The molecule has 4 heteroatoms. The molecule has 0 spiro atoms. The Morgan fingerprint density at radius 3 is 2.11 bits per heavy atom. The van der Waals surface area contributed by atoms with Crippen molar-refractivity contribution >= 4 is 0 Å². The van der Waals surface area contributed by atoms with Crippen molar-refractivity contribution in [3.05, 3.63) is 0 Å². The minimum atomic E-state index is 0.548. The Morgan fingerprint density at radius 2 is 1.67 bits per heavy atom. The van der Waals surface area contributed by atoms with Crippen LogP contribution in [0.2, 0.25) is 0 Å². The number of hydrogen-bond donors (Lipinski definition) is 1. The topological polar surface area (TPSA) is 33.7 Å². The Bertz CT molecular complexity index is 188. The van der Waals surface area contributed by atoms with Crippen LogP contribution in [0.4, 0.5) is 0 Å². The zero-order valence-electron chi connectivity index (χ0n) is 12.3. The van der Waals surface area contributed by atoms with Gasteiger partial charge in [-0.05, 0) is 33.6 Å². The molecule has 1 aliphatic carbocycles. The molecule has 0 saturated heterocycles. The van der Waals surface area contributed by atoms with E-state index in [9.17, 15) is 0 Å². The molecular formula is C14H30N2O2. The Labute approximate surface area is 112 Å². The highest BCUT2D eigenvalue weighted by atomic mass is 16.5. The molecule has 4 nitrogen and oxygen atoms in total. The molecule has 0 aromatic rings. The molecule has 0 heterocycles. The molecule has 1 fully saturated rings. The summed E-state index contributed by atoms with van der Waals surface area (Å²) in [5, 5.41) is 3.59. The van der Waals surface area contributed by atoms with Crippen molar-refractivity contribution in [1.29, 1.82) is 0 Å². The van der Waals surface area contributed by atoms with E-state index in [2.05, 4.69) is 17.1 Å². The predicted octanol–water partition coefficient (Wildman–Crippen LogP) is 1.50. The number of nitrogens with one attached hydrogen (secondary N) is 1. The summed E-state index contributed by atoms with van der Waals surface area (Å²) in [6.45, 7) is 12.7. The SMILES string of the molecule is CCOCCN(CCOCC)C(C)CNC1CC1. The Morgan fingerprint density at radius 1 is 1.11 bits per heavy atom. The second-order valence-electron chi connectivity index (χ2n) is 4.96. The van der Waals surface area contributed by atoms with Crippen LogP contribution in [0.25, 0.3) is 0 Å². The number of nitrogens with zero attached hydrogens (tertiary/aromatic N) is 1. The van der Waals surface area contributed by atoms with Gasteiger partial charge in [0.1, 0.15) is 0 Å². The van der Waals surface area contributed by atoms with E-state index in [1.807, 2.05) is 13.8 Å². The van der Waals surface area contributed by atoms with Crippen molar-refractivity contribution in [3.63, 3.8) is 0 Å². The number of ether oxygens (including phenoxy) is 2. The van der Waals surface area contributed by atoms with E-state index in [1.54, 1.807) is 0 Å². The zero-order chi connectivity index (χ0) is 13.2. The van der Waals surface area contributed by atoms with Crippen LogP contribution < -0.4 is 5.32 Å². The molecule has 1 aliphatic rings. The first-order valence-corrected chi connectivity index (χ1v) is 7.40. The van der Waals surface area contributed by atoms with E-state index in [1.165, 1.54) is 12.8 Å². The van der Waals surface area contributed by atoms with Crippen LogP contribution in [-0.4, -0.2) is 63.0 Å². The minimum Gasteiger partial charge on any atom is -0.380 e. The molecule has 108 valence electrons. The molecule has 1 atom stereocenters. The summed E-state index contributed by atoms with van der Waals surface area (Å²) in [5.74, 6) is 0. The molecule has 0 aromatic carbocycles. The Balaban J connectivity index is 2.20. The largest absolute Gasteiger partial charge is 0.380 e. The first kappa shape index (κ1) is 15.9. The van der Waals surface area contributed by atoms with E-state index < -0.39 is 0 Å². The van der Waals surface area contributed by atoms with Crippen molar-refractivity contribution in [3.8, 4) is 0 Å². The average Bonchev–Trinajstić information content (AvgIpc) is 3.18. The average molecular weight is 258 g/mol. The van der Waals surface area contributed by atoms with Crippen LogP contribution in [-0.2, 0) is 9.47 Å². The zero-order valence-corrected chi connectivity index (χ0v) is 12.3. The highest BCUT2D eigenvalue weighted by Gasteiger charge is 2.22. The molecule has 1 N–H and O–H groups in total. The maximum absolute atomic E-state index is 5.46. The highest BCUT2D eigenvalue weighted by molar-refractivity contribution is 4.83. The fourth-order valence-corrected chi connectivity index (χ4v) is 1.96. The standard InChI is InChI=1S/C14H30N2O2/c1-4-17-10-8-16(9-11-18-5-2)13(3)12-15-14-6-7-14/h13-15H,4-12H2,1-3H3.